The van der Waals surface area contributed by atoms with E-state index < -0.39 is 12.1 Å². The molecule has 13 heavy (non-hydrogen) atoms. The lowest BCUT2D eigenvalue weighted by atomic mass is 10.2. The summed E-state index contributed by atoms with van der Waals surface area (Å²) in [5.74, 6) is -1.08. The number of aromatic nitrogens is 1. The van der Waals surface area contributed by atoms with Gasteiger partial charge in [-0.15, -0.1) is 4.39 Å². The largest absolute Gasteiger partial charge is 0.478 e. The fraction of sp³-hybridized carbons (Fsp3) is 0. The topological polar surface area (TPSA) is 63.3 Å². The summed E-state index contributed by atoms with van der Waals surface area (Å²) >= 11 is 0. The molecule has 0 atom stereocenters. The Balaban J connectivity index is 2.67. The van der Waals surface area contributed by atoms with Crippen LogP contribution >= 0.6 is 0 Å². The maximum atomic E-state index is 12.4. The Bertz CT molecular complexity index is 477. The SMILES string of the molecule is O=C(O)c1ccc2nc(F)oc2c1. The first-order valence-corrected chi connectivity index (χ1v) is 3.46. The number of halogens is 1. The first kappa shape index (κ1) is 7.72. The van der Waals surface area contributed by atoms with Crippen LogP contribution in [0.3, 0.4) is 0 Å². The number of carboxylic acid groups (broad SMARTS) is 1. The maximum Gasteiger partial charge on any atom is 0.382 e. The van der Waals surface area contributed by atoms with E-state index in [-0.39, 0.29) is 11.1 Å². The van der Waals surface area contributed by atoms with Gasteiger partial charge in [-0.25, -0.2) is 4.79 Å². The van der Waals surface area contributed by atoms with Crippen LogP contribution in [0.15, 0.2) is 22.6 Å². The van der Waals surface area contributed by atoms with Crippen molar-refractivity contribution in [1.29, 1.82) is 0 Å². The molecule has 0 unspecified atom stereocenters. The zero-order valence-corrected chi connectivity index (χ0v) is 6.32. The van der Waals surface area contributed by atoms with E-state index in [1.165, 1.54) is 18.2 Å². The molecule has 1 aromatic carbocycles. The number of oxazole rings is 1. The Labute approximate surface area is 71.6 Å². The summed E-state index contributed by atoms with van der Waals surface area (Å²) < 4.78 is 16.9. The highest BCUT2D eigenvalue weighted by atomic mass is 19.1. The predicted octanol–water partition coefficient (Wildman–Crippen LogP) is 1.67. The number of hydrogen-bond donors (Lipinski definition) is 1. The lowest BCUT2D eigenvalue weighted by Gasteiger charge is -1.90. The number of hydrogen-bond acceptors (Lipinski definition) is 3. The van der Waals surface area contributed by atoms with Crippen molar-refractivity contribution in [2.24, 2.45) is 0 Å². The van der Waals surface area contributed by atoms with Gasteiger partial charge in [-0.2, -0.15) is 4.98 Å². The molecule has 0 bridgehead atoms. The standard InChI is InChI=1S/C8H4FNO3/c9-8-10-5-2-1-4(7(11)12)3-6(5)13-8/h1-3H,(H,11,12). The molecule has 1 N–H and O–H groups in total. The van der Waals surface area contributed by atoms with Gasteiger partial charge in [0.15, 0.2) is 5.58 Å². The third kappa shape index (κ3) is 1.24. The summed E-state index contributed by atoms with van der Waals surface area (Å²) in [4.78, 5) is 13.9. The third-order valence-corrected chi connectivity index (χ3v) is 1.61. The number of fused-ring (bicyclic) bond motifs is 1. The smallest absolute Gasteiger partial charge is 0.382 e. The molecule has 0 aliphatic carbocycles. The van der Waals surface area contributed by atoms with E-state index in [2.05, 4.69) is 9.40 Å². The first-order chi connectivity index (χ1) is 6.16. The minimum absolute atomic E-state index is 0.0450. The van der Waals surface area contributed by atoms with Crippen molar-refractivity contribution in [3.05, 3.63) is 29.9 Å². The molecule has 66 valence electrons. The molecule has 1 aromatic heterocycles. The van der Waals surface area contributed by atoms with Gasteiger partial charge < -0.3 is 9.52 Å². The Kier molecular flexibility index (Phi) is 1.51. The van der Waals surface area contributed by atoms with E-state index in [0.29, 0.717) is 5.52 Å². The molecule has 0 amide bonds. The van der Waals surface area contributed by atoms with Gasteiger partial charge in [0.05, 0.1) is 5.56 Å². The van der Waals surface area contributed by atoms with Gasteiger partial charge >= 0.3 is 12.1 Å². The average molecular weight is 181 g/mol. The number of rotatable bonds is 1. The summed E-state index contributed by atoms with van der Waals surface area (Å²) in [6.45, 7) is 0. The summed E-state index contributed by atoms with van der Waals surface area (Å²) in [7, 11) is 0. The molecule has 4 nitrogen and oxygen atoms in total. The average Bonchev–Trinajstić information content (AvgIpc) is 2.42. The van der Waals surface area contributed by atoms with Crippen molar-refractivity contribution in [2.45, 2.75) is 0 Å². The number of nitrogens with zero attached hydrogens (tertiary/aromatic N) is 1. The second-order valence-electron chi connectivity index (χ2n) is 2.45. The molecular weight excluding hydrogens is 177 g/mol. The molecule has 0 aliphatic rings. The van der Waals surface area contributed by atoms with Gasteiger partial charge in [0.25, 0.3) is 0 Å². The molecule has 0 spiro atoms. The highest BCUT2D eigenvalue weighted by Crippen LogP contribution is 2.16. The molecule has 5 heteroatoms. The van der Waals surface area contributed by atoms with Crippen molar-refractivity contribution in [3.63, 3.8) is 0 Å². The van der Waals surface area contributed by atoms with Crippen LogP contribution in [-0.2, 0) is 0 Å². The van der Waals surface area contributed by atoms with Gasteiger partial charge in [0.2, 0.25) is 0 Å². The van der Waals surface area contributed by atoms with Crippen molar-refractivity contribution in [1.82, 2.24) is 4.98 Å². The lowest BCUT2D eigenvalue weighted by Crippen LogP contribution is -1.94. The molecule has 0 radical (unpaired) electrons. The molecule has 0 fully saturated rings. The van der Waals surface area contributed by atoms with Crippen molar-refractivity contribution in [3.8, 4) is 0 Å². The minimum atomic E-state index is -1.08. The van der Waals surface area contributed by atoms with E-state index >= 15 is 0 Å². The van der Waals surface area contributed by atoms with E-state index in [4.69, 9.17) is 5.11 Å². The van der Waals surface area contributed by atoms with Gasteiger partial charge in [-0.05, 0) is 18.2 Å². The second-order valence-corrected chi connectivity index (χ2v) is 2.45. The normalized spacial score (nSPS) is 10.5. The van der Waals surface area contributed by atoms with Crippen LogP contribution in [0.2, 0.25) is 0 Å². The van der Waals surface area contributed by atoms with Crippen LogP contribution in [0, 0.1) is 6.14 Å². The fourth-order valence-corrected chi connectivity index (χ4v) is 1.03. The number of carbonyl (C=O) groups is 1. The molecule has 2 rings (SSSR count). The molecule has 0 saturated carbocycles. The van der Waals surface area contributed by atoms with E-state index in [1.807, 2.05) is 0 Å². The Hall–Kier alpha value is -1.91. The summed E-state index contributed by atoms with van der Waals surface area (Å²) in [6.07, 6.45) is -0.961. The number of benzene rings is 1. The first-order valence-electron chi connectivity index (χ1n) is 3.46. The molecular formula is C8H4FNO3. The lowest BCUT2D eigenvalue weighted by molar-refractivity contribution is 0.0697. The summed E-state index contributed by atoms with van der Waals surface area (Å²) in [5, 5.41) is 8.60. The van der Waals surface area contributed by atoms with E-state index in [0.717, 1.165) is 0 Å². The summed E-state index contributed by atoms with van der Waals surface area (Å²) in [6, 6.07) is 3.96. The number of aromatic carboxylic acids is 1. The van der Waals surface area contributed by atoms with Crippen LogP contribution in [0.1, 0.15) is 10.4 Å². The Morgan fingerprint density at radius 2 is 2.31 bits per heavy atom. The third-order valence-electron chi connectivity index (χ3n) is 1.61. The van der Waals surface area contributed by atoms with E-state index in [1.54, 1.807) is 0 Å². The fourth-order valence-electron chi connectivity index (χ4n) is 1.03. The van der Waals surface area contributed by atoms with E-state index in [9.17, 15) is 9.18 Å². The van der Waals surface area contributed by atoms with Crippen molar-refractivity contribution < 1.29 is 18.7 Å². The summed E-state index contributed by atoms with van der Waals surface area (Å²) in [5.41, 5.74) is 0.489. The zero-order valence-electron chi connectivity index (χ0n) is 6.32. The van der Waals surface area contributed by atoms with Crippen molar-refractivity contribution in [2.75, 3.05) is 0 Å². The highest BCUT2D eigenvalue weighted by molar-refractivity contribution is 5.91. The minimum Gasteiger partial charge on any atom is -0.478 e. The van der Waals surface area contributed by atoms with Gasteiger partial charge in [0.1, 0.15) is 5.52 Å². The Morgan fingerprint density at radius 1 is 1.54 bits per heavy atom. The van der Waals surface area contributed by atoms with Gasteiger partial charge in [0, 0.05) is 0 Å². The monoisotopic (exact) mass is 181 g/mol. The Morgan fingerprint density at radius 3 is 3.00 bits per heavy atom. The molecule has 2 aromatic rings. The van der Waals surface area contributed by atoms with Crippen LogP contribution in [0.25, 0.3) is 11.1 Å². The molecule has 0 aliphatic heterocycles. The van der Waals surface area contributed by atoms with Crippen LogP contribution in [0.4, 0.5) is 4.39 Å². The molecule has 1 heterocycles. The van der Waals surface area contributed by atoms with Crippen LogP contribution in [-0.4, -0.2) is 16.1 Å². The zero-order chi connectivity index (χ0) is 9.42. The van der Waals surface area contributed by atoms with Crippen LogP contribution in [0.5, 0.6) is 0 Å². The molecule has 0 saturated heterocycles. The maximum absolute atomic E-state index is 12.4. The van der Waals surface area contributed by atoms with Crippen LogP contribution < -0.4 is 0 Å². The highest BCUT2D eigenvalue weighted by Gasteiger charge is 2.08. The van der Waals surface area contributed by atoms with Gasteiger partial charge in [-0.3, -0.25) is 0 Å². The number of carboxylic acids is 1. The predicted molar refractivity (Wildman–Crippen MR) is 40.9 cm³/mol. The van der Waals surface area contributed by atoms with Gasteiger partial charge in [-0.1, -0.05) is 0 Å². The van der Waals surface area contributed by atoms with Crippen molar-refractivity contribution >= 4 is 17.1 Å². The quantitative estimate of drug-likeness (QED) is 0.726. The second kappa shape index (κ2) is 2.55.